The highest BCUT2D eigenvalue weighted by molar-refractivity contribution is 5.18. The van der Waals surface area contributed by atoms with E-state index in [-0.39, 0.29) is 0 Å². The predicted molar refractivity (Wildman–Crippen MR) is 76.8 cm³/mol. The van der Waals surface area contributed by atoms with Crippen LogP contribution in [0.15, 0.2) is 60.7 Å². The minimum absolute atomic E-state index is 0.322. The maximum atomic E-state index is 8.63. The molecule has 0 bridgehead atoms. The van der Waals surface area contributed by atoms with Gasteiger partial charge in [0.1, 0.15) is 5.75 Å². The molecule has 2 heteroatoms. The Hall–Kier alpha value is -1.80. The van der Waals surface area contributed by atoms with Crippen LogP contribution in [-0.4, -0.2) is 18.7 Å². The number of rotatable bonds is 4. The molecule has 0 aliphatic rings. The van der Waals surface area contributed by atoms with Crippen molar-refractivity contribution in [1.82, 2.24) is 5.32 Å². The zero-order valence-electron chi connectivity index (χ0n) is 10.8. The van der Waals surface area contributed by atoms with E-state index in [9.17, 15) is 0 Å². The lowest BCUT2D eigenvalue weighted by Crippen LogP contribution is -2.08. The molecule has 2 aromatic rings. The number of phenolic OH excluding ortho intramolecular Hbond substituents is 1. The van der Waals surface area contributed by atoms with Crippen LogP contribution in [0.5, 0.6) is 5.75 Å². The van der Waals surface area contributed by atoms with Crippen molar-refractivity contribution in [2.75, 3.05) is 13.6 Å². The zero-order chi connectivity index (χ0) is 13.1. The van der Waals surface area contributed by atoms with Crippen LogP contribution in [0.2, 0.25) is 0 Å². The lowest BCUT2D eigenvalue weighted by Gasteiger charge is -1.99. The number of phenols is 1. The maximum absolute atomic E-state index is 8.63. The second-order valence-electron chi connectivity index (χ2n) is 4.03. The van der Waals surface area contributed by atoms with Gasteiger partial charge in [-0.25, -0.2) is 0 Å². The van der Waals surface area contributed by atoms with Gasteiger partial charge in [-0.15, -0.1) is 0 Å². The molecule has 0 atom stereocenters. The summed E-state index contributed by atoms with van der Waals surface area (Å²) in [6, 6.07) is 19.3. The molecule has 18 heavy (non-hydrogen) atoms. The third-order valence-electron chi connectivity index (χ3n) is 2.49. The van der Waals surface area contributed by atoms with Gasteiger partial charge in [0.05, 0.1) is 0 Å². The van der Waals surface area contributed by atoms with Gasteiger partial charge < -0.3 is 10.4 Å². The van der Waals surface area contributed by atoms with Crippen LogP contribution in [0.4, 0.5) is 0 Å². The van der Waals surface area contributed by atoms with Crippen molar-refractivity contribution < 1.29 is 5.11 Å². The van der Waals surface area contributed by atoms with E-state index in [0.29, 0.717) is 5.75 Å². The molecule has 0 radical (unpaired) electrons. The van der Waals surface area contributed by atoms with Gasteiger partial charge in [0.15, 0.2) is 0 Å². The average Bonchev–Trinajstić information content (AvgIpc) is 2.42. The van der Waals surface area contributed by atoms with E-state index in [1.165, 1.54) is 18.4 Å². The monoisotopic (exact) mass is 243 g/mol. The van der Waals surface area contributed by atoms with Crippen molar-refractivity contribution in [3.63, 3.8) is 0 Å². The first-order chi connectivity index (χ1) is 8.83. The molecule has 0 spiro atoms. The molecule has 96 valence electrons. The summed E-state index contributed by atoms with van der Waals surface area (Å²) in [5, 5.41) is 11.8. The number of nitrogens with one attached hydrogen (secondary N) is 1. The minimum atomic E-state index is 0.322. The van der Waals surface area contributed by atoms with Crippen LogP contribution >= 0.6 is 0 Å². The molecule has 2 aromatic carbocycles. The summed E-state index contributed by atoms with van der Waals surface area (Å²) in [5.74, 6) is 0.322. The Morgan fingerprint density at radius 3 is 1.89 bits per heavy atom. The molecule has 2 nitrogen and oxygen atoms in total. The van der Waals surface area contributed by atoms with E-state index >= 15 is 0 Å². The van der Waals surface area contributed by atoms with E-state index in [1.807, 2.05) is 13.1 Å². The van der Waals surface area contributed by atoms with E-state index in [0.717, 1.165) is 6.54 Å². The first-order valence-electron chi connectivity index (χ1n) is 6.25. The molecule has 0 aliphatic carbocycles. The van der Waals surface area contributed by atoms with Crippen molar-refractivity contribution in [1.29, 1.82) is 0 Å². The number of hydrogen-bond donors (Lipinski definition) is 2. The SMILES string of the molecule is CNCCCc1ccccc1.Oc1ccccc1. The highest BCUT2D eigenvalue weighted by atomic mass is 16.3. The summed E-state index contributed by atoms with van der Waals surface area (Å²) in [4.78, 5) is 0. The van der Waals surface area contributed by atoms with Crippen LogP contribution in [-0.2, 0) is 6.42 Å². The summed E-state index contributed by atoms with van der Waals surface area (Å²) < 4.78 is 0. The highest BCUT2D eigenvalue weighted by Gasteiger charge is 1.88. The van der Waals surface area contributed by atoms with E-state index in [1.54, 1.807) is 24.3 Å². The Balaban J connectivity index is 0.000000199. The van der Waals surface area contributed by atoms with Gasteiger partial charge in [0.25, 0.3) is 0 Å². The largest absolute Gasteiger partial charge is 0.508 e. The van der Waals surface area contributed by atoms with Gasteiger partial charge >= 0.3 is 0 Å². The summed E-state index contributed by atoms with van der Waals surface area (Å²) in [5.41, 5.74) is 1.43. The summed E-state index contributed by atoms with van der Waals surface area (Å²) in [6.45, 7) is 1.11. The number of benzene rings is 2. The normalized spacial score (nSPS) is 9.39. The van der Waals surface area contributed by atoms with Crippen molar-refractivity contribution in [3.05, 3.63) is 66.2 Å². The highest BCUT2D eigenvalue weighted by Crippen LogP contribution is 2.03. The van der Waals surface area contributed by atoms with Crippen molar-refractivity contribution in [3.8, 4) is 5.75 Å². The second kappa shape index (κ2) is 9.25. The Morgan fingerprint density at radius 2 is 1.44 bits per heavy atom. The number of aromatic hydroxyl groups is 1. The van der Waals surface area contributed by atoms with Crippen LogP contribution in [0.1, 0.15) is 12.0 Å². The summed E-state index contributed by atoms with van der Waals surface area (Å²) >= 11 is 0. The fourth-order valence-electron chi connectivity index (χ4n) is 1.54. The van der Waals surface area contributed by atoms with Crippen molar-refractivity contribution >= 4 is 0 Å². The molecule has 2 N–H and O–H groups in total. The van der Waals surface area contributed by atoms with E-state index in [4.69, 9.17) is 5.11 Å². The topological polar surface area (TPSA) is 32.3 Å². The molecule has 0 saturated carbocycles. The lowest BCUT2D eigenvalue weighted by atomic mass is 10.1. The van der Waals surface area contributed by atoms with E-state index in [2.05, 4.69) is 35.6 Å². The molecule has 0 aliphatic heterocycles. The maximum Gasteiger partial charge on any atom is 0.115 e. The first kappa shape index (κ1) is 14.3. The molecule has 0 aromatic heterocycles. The lowest BCUT2D eigenvalue weighted by molar-refractivity contribution is 0.475. The van der Waals surface area contributed by atoms with Gasteiger partial charge in [-0.3, -0.25) is 0 Å². The van der Waals surface area contributed by atoms with Crippen LogP contribution < -0.4 is 5.32 Å². The fourth-order valence-corrected chi connectivity index (χ4v) is 1.54. The average molecular weight is 243 g/mol. The van der Waals surface area contributed by atoms with E-state index < -0.39 is 0 Å². The molecule has 0 unspecified atom stereocenters. The van der Waals surface area contributed by atoms with Gasteiger partial charge in [-0.1, -0.05) is 48.5 Å². The van der Waals surface area contributed by atoms with Crippen LogP contribution in [0, 0.1) is 0 Å². The molecule has 0 saturated heterocycles. The standard InChI is InChI=1S/C10H15N.C6H6O/c1-11-9-5-8-10-6-3-2-4-7-10;7-6-4-2-1-3-5-6/h2-4,6-7,11H,5,8-9H2,1H3;1-5,7H. The number of hydrogen-bond acceptors (Lipinski definition) is 2. The Morgan fingerprint density at radius 1 is 0.889 bits per heavy atom. The van der Waals surface area contributed by atoms with Gasteiger partial charge in [0, 0.05) is 0 Å². The van der Waals surface area contributed by atoms with Gasteiger partial charge in [0.2, 0.25) is 0 Å². The number of aryl methyl sites for hydroxylation is 1. The zero-order valence-corrected chi connectivity index (χ0v) is 10.8. The smallest absolute Gasteiger partial charge is 0.115 e. The summed E-state index contributed by atoms with van der Waals surface area (Å²) in [6.07, 6.45) is 2.40. The fraction of sp³-hybridized carbons (Fsp3) is 0.250. The molecular formula is C16H21NO. The van der Waals surface area contributed by atoms with Crippen molar-refractivity contribution in [2.24, 2.45) is 0 Å². The third-order valence-corrected chi connectivity index (χ3v) is 2.49. The first-order valence-corrected chi connectivity index (χ1v) is 6.25. The quantitative estimate of drug-likeness (QED) is 0.808. The Labute approximate surface area is 109 Å². The molecule has 2 rings (SSSR count). The van der Waals surface area contributed by atoms with Gasteiger partial charge in [-0.05, 0) is 44.1 Å². The Bertz CT molecular complexity index is 400. The molecule has 0 heterocycles. The third kappa shape index (κ3) is 6.71. The van der Waals surface area contributed by atoms with Crippen LogP contribution in [0.25, 0.3) is 0 Å². The van der Waals surface area contributed by atoms with Crippen molar-refractivity contribution in [2.45, 2.75) is 12.8 Å². The van der Waals surface area contributed by atoms with Gasteiger partial charge in [-0.2, -0.15) is 0 Å². The number of para-hydroxylation sites is 1. The second-order valence-corrected chi connectivity index (χ2v) is 4.03. The van der Waals surface area contributed by atoms with Crippen LogP contribution in [0.3, 0.4) is 0 Å². The summed E-state index contributed by atoms with van der Waals surface area (Å²) in [7, 11) is 1.99. The molecular weight excluding hydrogens is 222 g/mol. The predicted octanol–water partition coefficient (Wildman–Crippen LogP) is 3.23. The minimum Gasteiger partial charge on any atom is -0.508 e. The Kier molecular flexibility index (Phi) is 7.33. The molecule has 0 amide bonds. The molecule has 0 fully saturated rings.